The lowest BCUT2D eigenvalue weighted by Gasteiger charge is -2.30. The fraction of sp³-hybridized carbons (Fsp3) is 0.900. The molecule has 0 aliphatic heterocycles. The summed E-state index contributed by atoms with van der Waals surface area (Å²) < 4.78 is 10.8. The van der Waals surface area contributed by atoms with Crippen LogP contribution in [-0.2, 0) is 14.3 Å². The van der Waals surface area contributed by atoms with Crippen molar-refractivity contribution >= 4 is 6.29 Å². The lowest BCUT2D eigenvalue weighted by molar-refractivity contribution is -0.225. The first-order valence-electron chi connectivity index (χ1n) is 4.70. The maximum absolute atomic E-state index is 10.8. The number of carbonyl (C=O) groups excluding carboxylic acids is 1. The summed E-state index contributed by atoms with van der Waals surface area (Å²) in [5, 5.41) is 0. The van der Waals surface area contributed by atoms with E-state index < -0.39 is 5.79 Å². The van der Waals surface area contributed by atoms with E-state index in [0.29, 0.717) is 6.42 Å². The van der Waals surface area contributed by atoms with E-state index in [2.05, 4.69) is 0 Å². The molecule has 0 saturated heterocycles. The highest BCUT2D eigenvalue weighted by Gasteiger charge is 2.33. The largest absolute Gasteiger partial charge is 0.340 e. The monoisotopic (exact) mass is 187 g/mol. The van der Waals surface area contributed by atoms with E-state index in [1.807, 2.05) is 40.9 Å². The highest BCUT2D eigenvalue weighted by Crippen LogP contribution is 2.19. The van der Waals surface area contributed by atoms with Crippen LogP contribution in [-0.4, -0.2) is 24.3 Å². The zero-order valence-corrected chi connectivity index (χ0v) is 9.09. The first kappa shape index (κ1) is 12.6. The van der Waals surface area contributed by atoms with Gasteiger partial charge < -0.3 is 9.47 Å². The van der Waals surface area contributed by atoms with Gasteiger partial charge in [-0.1, -0.05) is 6.92 Å². The molecule has 0 N–H and O–H groups in total. The molecule has 0 saturated carbocycles. The minimum atomic E-state index is -1.18. The molecule has 13 heavy (non-hydrogen) atoms. The van der Waals surface area contributed by atoms with Gasteiger partial charge in [-0.25, -0.2) is 0 Å². The Kier molecular flexibility index (Phi) is 5.18. The zero-order chi connectivity index (χ0) is 10.5. The van der Waals surface area contributed by atoms with Gasteiger partial charge in [0.15, 0.2) is 0 Å². The first-order valence-corrected chi connectivity index (χ1v) is 4.70. The minimum Gasteiger partial charge on any atom is -0.340 e. The van der Waals surface area contributed by atoms with Crippen molar-refractivity contribution in [1.82, 2.24) is 0 Å². The molecule has 1 radical (unpaired) electrons. The number of ether oxygens (including phenoxy) is 2. The average molecular weight is 187 g/mol. The SMILES string of the molecule is CCC([C]=O)(OC(C)C)OC(C)C. The Morgan fingerprint density at radius 3 is 1.69 bits per heavy atom. The fourth-order valence-electron chi connectivity index (χ4n) is 1.08. The molecule has 0 atom stereocenters. The van der Waals surface area contributed by atoms with Gasteiger partial charge in [0.1, 0.15) is 0 Å². The molecule has 0 aromatic rings. The predicted molar refractivity (Wildman–Crippen MR) is 51.2 cm³/mol. The van der Waals surface area contributed by atoms with E-state index in [4.69, 9.17) is 9.47 Å². The van der Waals surface area contributed by atoms with Crippen LogP contribution in [0.25, 0.3) is 0 Å². The maximum Gasteiger partial charge on any atom is 0.263 e. The molecule has 0 bridgehead atoms. The molecule has 0 amide bonds. The Morgan fingerprint density at radius 1 is 1.15 bits per heavy atom. The van der Waals surface area contributed by atoms with E-state index in [9.17, 15) is 4.79 Å². The van der Waals surface area contributed by atoms with Crippen LogP contribution < -0.4 is 0 Å². The van der Waals surface area contributed by atoms with E-state index in [0.717, 1.165) is 0 Å². The molecule has 0 unspecified atom stereocenters. The highest BCUT2D eigenvalue weighted by molar-refractivity contribution is 5.61. The Morgan fingerprint density at radius 2 is 1.54 bits per heavy atom. The Labute approximate surface area is 80.4 Å². The Bertz CT molecular complexity index is 142. The molecular formula is C10H19O3. The van der Waals surface area contributed by atoms with Gasteiger partial charge in [-0.15, -0.1) is 0 Å². The normalized spacial score (nSPS) is 12.5. The maximum atomic E-state index is 10.8. The van der Waals surface area contributed by atoms with Crippen molar-refractivity contribution in [2.45, 2.75) is 59.0 Å². The molecule has 77 valence electrons. The van der Waals surface area contributed by atoms with E-state index in [1.165, 1.54) is 0 Å². The molecule has 0 aromatic carbocycles. The predicted octanol–water partition coefficient (Wildman–Crippen LogP) is 2.05. The van der Waals surface area contributed by atoms with Crippen LogP contribution in [0.1, 0.15) is 41.0 Å². The summed E-state index contributed by atoms with van der Waals surface area (Å²) in [6.07, 6.45) is 2.23. The second-order valence-electron chi connectivity index (χ2n) is 3.54. The van der Waals surface area contributed by atoms with Gasteiger partial charge in [0.2, 0.25) is 5.79 Å². The molecule has 0 heterocycles. The summed E-state index contributed by atoms with van der Waals surface area (Å²) in [4.78, 5) is 10.8. The van der Waals surface area contributed by atoms with Crippen LogP contribution in [0.3, 0.4) is 0 Å². The molecule has 0 aliphatic rings. The van der Waals surface area contributed by atoms with Gasteiger partial charge in [-0.3, -0.25) is 4.79 Å². The standard InChI is InChI=1S/C10H19O3/c1-6-10(7-11,12-8(2)3)13-9(4)5/h8-9H,6H2,1-5H3. The van der Waals surface area contributed by atoms with Crippen molar-refractivity contribution in [3.8, 4) is 0 Å². The molecule has 3 heteroatoms. The second kappa shape index (κ2) is 5.35. The first-order chi connectivity index (χ1) is 5.95. The van der Waals surface area contributed by atoms with E-state index in [1.54, 1.807) is 0 Å². The van der Waals surface area contributed by atoms with Crippen LogP contribution in [0.5, 0.6) is 0 Å². The molecule has 0 fully saturated rings. The second-order valence-corrected chi connectivity index (χ2v) is 3.54. The summed E-state index contributed by atoms with van der Waals surface area (Å²) in [5.41, 5.74) is 0. The summed E-state index contributed by atoms with van der Waals surface area (Å²) in [6, 6.07) is 0. The van der Waals surface area contributed by atoms with Crippen LogP contribution in [0.2, 0.25) is 0 Å². The molecule has 3 nitrogen and oxygen atoms in total. The number of hydrogen-bond donors (Lipinski definition) is 0. The van der Waals surface area contributed by atoms with Gasteiger partial charge in [0.05, 0.1) is 12.2 Å². The van der Waals surface area contributed by atoms with Gasteiger partial charge in [-0.05, 0) is 27.7 Å². The number of hydrogen-bond acceptors (Lipinski definition) is 3. The van der Waals surface area contributed by atoms with E-state index in [-0.39, 0.29) is 12.2 Å². The highest BCUT2D eigenvalue weighted by atomic mass is 16.7. The van der Waals surface area contributed by atoms with Crippen molar-refractivity contribution in [3.05, 3.63) is 0 Å². The van der Waals surface area contributed by atoms with Crippen LogP contribution in [0, 0.1) is 0 Å². The van der Waals surface area contributed by atoms with Gasteiger partial charge in [0.25, 0.3) is 6.29 Å². The average Bonchev–Trinajstić information content (AvgIpc) is 2.01. The fourth-order valence-corrected chi connectivity index (χ4v) is 1.08. The Hall–Kier alpha value is -0.410. The molecule has 0 spiro atoms. The quantitative estimate of drug-likeness (QED) is 0.597. The minimum absolute atomic E-state index is 0.0415. The lowest BCUT2D eigenvalue weighted by Crippen LogP contribution is -2.41. The Balaban J connectivity index is 4.39. The molecular weight excluding hydrogens is 168 g/mol. The van der Waals surface area contributed by atoms with Crippen LogP contribution in [0.4, 0.5) is 0 Å². The van der Waals surface area contributed by atoms with Crippen molar-refractivity contribution in [3.63, 3.8) is 0 Å². The van der Waals surface area contributed by atoms with Crippen LogP contribution >= 0.6 is 0 Å². The summed E-state index contributed by atoms with van der Waals surface area (Å²) in [7, 11) is 0. The molecule has 0 aromatic heterocycles. The summed E-state index contributed by atoms with van der Waals surface area (Å²) in [6.45, 7) is 9.31. The lowest BCUT2D eigenvalue weighted by atomic mass is 10.2. The van der Waals surface area contributed by atoms with Crippen molar-refractivity contribution < 1.29 is 14.3 Å². The topological polar surface area (TPSA) is 35.5 Å². The smallest absolute Gasteiger partial charge is 0.263 e. The van der Waals surface area contributed by atoms with Gasteiger partial charge in [0, 0.05) is 6.42 Å². The van der Waals surface area contributed by atoms with Crippen molar-refractivity contribution in [2.24, 2.45) is 0 Å². The summed E-state index contributed by atoms with van der Waals surface area (Å²) in [5.74, 6) is -1.18. The third kappa shape index (κ3) is 4.39. The van der Waals surface area contributed by atoms with E-state index >= 15 is 0 Å². The van der Waals surface area contributed by atoms with Crippen LogP contribution in [0.15, 0.2) is 0 Å². The third-order valence-electron chi connectivity index (χ3n) is 1.47. The van der Waals surface area contributed by atoms with Gasteiger partial charge in [-0.2, -0.15) is 0 Å². The number of rotatable bonds is 6. The summed E-state index contributed by atoms with van der Waals surface area (Å²) >= 11 is 0. The molecule has 0 aliphatic carbocycles. The van der Waals surface area contributed by atoms with Crippen molar-refractivity contribution in [2.75, 3.05) is 0 Å². The third-order valence-corrected chi connectivity index (χ3v) is 1.47. The molecule has 0 rings (SSSR count). The van der Waals surface area contributed by atoms with Gasteiger partial charge >= 0.3 is 0 Å². The van der Waals surface area contributed by atoms with Crippen molar-refractivity contribution in [1.29, 1.82) is 0 Å². The zero-order valence-electron chi connectivity index (χ0n) is 9.09.